The molecule has 1 fully saturated rings. The van der Waals surface area contributed by atoms with Crippen LogP contribution < -0.4 is 4.90 Å². The third-order valence-electron chi connectivity index (χ3n) is 3.91. The molecule has 3 heteroatoms. The molecule has 0 aromatic heterocycles. The van der Waals surface area contributed by atoms with Crippen molar-refractivity contribution in [1.82, 2.24) is 0 Å². The number of carbonyl (C=O) groups excluding carboxylic acids is 1. The largest absolute Gasteiger partial charge is 0.396 e. The number of hydrogen-bond acceptors (Lipinski definition) is 3. The van der Waals surface area contributed by atoms with Gasteiger partial charge in [0.1, 0.15) is 0 Å². The Hall–Kier alpha value is -1.35. The summed E-state index contributed by atoms with van der Waals surface area (Å²) in [5, 5.41) is 9.07. The van der Waals surface area contributed by atoms with Crippen LogP contribution in [0.2, 0.25) is 0 Å². The number of rotatable bonds is 7. The lowest BCUT2D eigenvalue weighted by atomic mass is 9.90. The lowest BCUT2D eigenvalue weighted by molar-refractivity contribution is 0.0988. The Balaban J connectivity index is 2.26. The molecule has 1 aliphatic rings. The van der Waals surface area contributed by atoms with E-state index < -0.39 is 0 Å². The summed E-state index contributed by atoms with van der Waals surface area (Å²) in [6, 6.07) is 8.42. The van der Waals surface area contributed by atoms with Crippen molar-refractivity contribution in [3.8, 4) is 0 Å². The van der Waals surface area contributed by atoms with E-state index >= 15 is 0 Å². The van der Waals surface area contributed by atoms with Crippen LogP contribution >= 0.6 is 0 Å². The van der Waals surface area contributed by atoms with Crippen LogP contribution in [0.5, 0.6) is 0 Å². The lowest BCUT2D eigenvalue weighted by Crippen LogP contribution is -2.41. The number of Topliss-reactive ketones (excluding diaryl/α,β-unsaturated/α-hetero) is 1. The van der Waals surface area contributed by atoms with Crippen molar-refractivity contribution in [1.29, 1.82) is 0 Å². The van der Waals surface area contributed by atoms with Crippen LogP contribution in [0.4, 0.5) is 5.69 Å². The number of aliphatic hydroxyl groups excluding tert-OH is 1. The van der Waals surface area contributed by atoms with Gasteiger partial charge in [0.25, 0.3) is 0 Å². The fraction of sp³-hybridized carbons (Fsp3) is 0.562. The maximum Gasteiger partial charge on any atom is 0.164 e. The Bertz CT molecular complexity index is 427. The van der Waals surface area contributed by atoms with Crippen LogP contribution in [0.15, 0.2) is 24.3 Å². The number of para-hydroxylation sites is 1. The zero-order valence-electron chi connectivity index (χ0n) is 11.6. The van der Waals surface area contributed by atoms with E-state index in [1.54, 1.807) is 0 Å². The Labute approximate surface area is 115 Å². The minimum absolute atomic E-state index is 0.198. The smallest absolute Gasteiger partial charge is 0.164 e. The van der Waals surface area contributed by atoms with Gasteiger partial charge in [0.2, 0.25) is 0 Å². The number of anilines is 1. The van der Waals surface area contributed by atoms with Crippen LogP contribution in [0.3, 0.4) is 0 Å². The van der Waals surface area contributed by atoms with E-state index in [1.807, 2.05) is 31.2 Å². The summed E-state index contributed by atoms with van der Waals surface area (Å²) in [7, 11) is 0. The third kappa shape index (κ3) is 3.16. The first kappa shape index (κ1) is 14.1. The van der Waals surface area contributed by atoms with Crippen LogP contribution in [-0.4, -0.2) is 30.1 Å². The summed E-state index contributed by atoms with van der Waals surface area (Å²) in [6.45, 7) is 2.93. The molecule has 0 atom stereocenters. The van der Waals surface area contributed by atoms with Crippen molar-refractivity contribution in [2.75, 3.05) is 18.1 Å². The Kier molecular flexibility index (Phi) is 4.97. The highest BCUT2D eigenvalue weighted by molar-refractivity contribution is 6.01. The Morgan fingerprint density at radius 3 is 2.68 bits per heavy atom. The molecule has 0 radical (unpaired) electrons. The van der Waals surface area contributed by atoms with Crippen molar-refractivity contribution in [2.45, 2.75) is 45.1 Å². The minimum atomic E-state index is 0.198. The molecule has 2 rings (SSSR count). The first-order chi connectivity index (χ1) is 9.27. The predicted molar refractivity (Wildman–Crippen MR) is 77.8 cm³/mol. The first-order valence-electron chi connectivity index (χ1n) is 7.27. The number of carbonyl (C=O) groups is 1. The lowest BCUT2D eigenvalue weighted by Gasteiger charge is -2.40. The maximum atomic E-state index is 12.1. The molecule has 1 aromatic carbocycles. The minimum Gasteiger partial charge on any atom is -0.396 e. The Morgan fingerprint density at radius 1 is 1.37 bits per heavy atom. The topological polar surface area (TPSA) is 40.5 Å². The third-order valence-corrected chi connectivity index (χ3v) is 3.91. The van der Waals surface area contributed by atoms with Crippen LogP contribution in [0, 0.1) is 0 Å². The van der Waals surface area contributed by atoms with Gasteiger partial charge in [-0.05, 0) is 37.8 Å². The van der Waals surface area contributed by atoms with Gasteiger partial charge in [-0.1, -0.05) is 19.1 Å². The van der Waals surface area contributed by atoms with Crippen molar-refractivity contribution >= 4 is 11.5 Å². The molecule has 3 nitrogen and oxygen atoms in total. The van der Waals surface area contributed by atoms with Gasteiger partial charge >= 0.3 is 0 Å². The van der Waals surface area contributed by atoms with Crippen LogP contribution in [-0.2, 0) is 0 Å². The van der Waals surface area contributed by atoms with Gasteiger partial charge in [-0.2, -0.15) is 0 Å². The number of ketones is 1. The highest BCUT2D eigenvalue weighted by Crippen LogP contribution is 2.32. The van der Waals surface area contributed by atoms with E-state index in [2.05, 4.69) is 4.90 Å². The van der Waals surface area contributed by atoms with Crippen LogP contribution in [0.25, 0.3) is 0 Å². The molecule has 0 bridgehead atoms. The van der Waals surface area contributed by atoms with Gasteiger partial charge in [-0.3, -0.25) is 4.79 Å². The zero-order valence-corrected chi connectivity index (χ0v) is 11.6. The molecule has 0 spiro atoms. The summed E-state index contributed by atoms with van der Waals surface area (Å²) in [5.74, 6) is 0.198. The van der Waals surface area contributed by atoms with E-state index in [0.717, 1.165) is 24.2 Å². The molecule has 0 aliphatic heterocycles. The monoisotopic (exact) mass is 261 g/mol. The summed E-state index contributed by atoms with van der Waals surface area (Å²) in [4.78, 5) is 14.4. The van der Waals surface area contributed by atoms with Gasteiger partial charge in [-0.25, -0.2) is 0 Å². The first-order valence-corrected chi connectivity index (χ1v) is 7.27. The molecular formula is C16H23NO2. The molecule has 0 saturated heterocycles. The molecule has 0 unspecified atom stereocenters. The molecule has 19 heavy (non-hydrogen) atoms. The fourth-order valence-corrected chi connectivity index (χ4v) is 2.59. The van der Waals surface area contributed by atoms with E-state index in [9.17, 15) is 4.79 Å². The highest BCUT2D eigenvalue weighted by Gasteiger charge is 2.27. The van der Waals surface area contributed by atoms with Gasteiger partial charge in [0, 0.05) is 36.9 Å². The summed E-state index contributed by atoms with van der Waals surface area (Å²) < 4.78 is 0. The average Bonchev–Trinajstić information content (AvgIpc) is 2.40. The van der Waals surface area contributed by atoms with Crippen molar-refractivity contribution in [2.24, 2.45) is 0 Å². The second kappa shape index (κ2) is 6.71. The molecule has 1 N–H and O–H groups in total. The van der Waals surface area contributed by atoms with Crippen molar-refractivity contribution in [3.05, 3.63) is 29.8 Å². The zero-order chi connectivity index (χ0) is 13.7. The predicted octanol–water partition coefficient (Wildman–Crippen LogP) is 3.02. The highest BCUT2D eigenvalue weighted by atomic mass is 16.3. The maximum absolute atomic E-state index is 12.1. The summed E-state index contributed by atoms with van der Waals surface area (Å²) in [5.41, 5.74) is 1.88. The van der Waals surface area contributed by atoms with Gasteiger partial charge in [-0.15, -0.1) is 0 Å². The van der Waals surface area contributed by atoms with Crippen molar-refractivity contribution in [3.63, 3.8) is 0 Å². The van der Waals surface area contributed by atoms with E-state index in [0.29, 0.717) is 12.5 Å². The molecule has 104 valence electrons. The number of aliphatic hydroxyl groups is 1. The number of hydrogen-bond donors (Lipinski definition) is 1. The molecule has 1 aromatic rings. The fourth-order valence-electron chi connectivity index (χ4n) is 2.59. The summed E-state index contributed by atoms with van der Waals surface area (Å²) >= 11 is 0. The molecule has 1 saturated carbocycles. The second-order valence-corrected chi connectivity index (χ2v) is 5.15. The molecule has 1 aliphatic carbocycles. The van der Waals surface area contributed by atoms with E-state index in [4.69, 9.17) is 5.11 Å². The molecule has 0 heterocycles. The SMILES string of the molecule is CCC(=O)c1ccccc1N(CCCO)C1CCC1. The van der Waals surface area contributed by atoms with Gasteiger partial charge in [0.15, 0.2) is 5.78 Å². The Morgan fingerprint density at radius 2 is 2.11 bits per heavy atom. The van der Waals surface area contributed by atoms with E-state index in [-0.39, 0.29) is 12.4 Å². The summed E-state index contributed by atoms with van der Waals surface area (Å²) in [6.07, 6.45) is 4.95. The molecular weight excluding hydrogens is 238 g/mol. The average molecular weight is 261 g/mol. The number of nitrogens with zero attached hydrogens (tertiary/aromatic N) is 1. The quantitative estimate of drug-likeness (QED) is 0.767. The standard InChI is InChI=1S/C16H23NO2/c1-2-16(19)14-9-3-4-10-15(14)17(11-6-12-18)13-7-5-8-13/h3-4,9-10,13,18H,2,5-8,11-12H2,1H3. The van der Waals surface area contributed by atoms with Crippen LogP contribution in [0.1, 0.15) is 49.4 Å². The number of benzene rings is 1. The molecule has 0 amide bonds. The van der Waals surface area contributed by atoms with Crippen molar-refractivity contribution < 1.29 is 9.90 Å². The van der Waals surface area contributed by atoms with Gasteiger partial charge < -0.3 is 10.0 Å². The van der Waals surface area contributed by atoms with E-state index in [1.165, 1.54) is 19.3 Å². The van der Waals surface area contributed by atoms with Gasteiger partial charge in [0.05, 0.1) is 0 Å². The normalized spacial score (nSPS) is 15.1. The second-order valence-electron chi connectivity index (χ2n) is 5.15.